The molecule has 4 heteroatoms. The SMILES string of the molecule is O=C(NCC1CCCNC1)c1ccc2sccc2c1. The number of hydrogen-bond donors (Lipinski definition) is 2. The van der Waals surface area contributed by atoms with Crippen LogP contribution in [0.25, 0.3) is 10.1 Å². The Bertz CT molecular complexity index is 572. The zero-order chi connectivity index (χ0) is 13.1. The van der Waals surface area contributed by atoms with Gasteiger partial charge in [0.15, 0.2) is 0 Å². The number of fused-ring (bicyclic) bond motifs is 1. The summed E-state index contributed by atoms with van der Waals surface area (Å²) in [6.07, 6.45) is 2.41. The summed E-state index contributed by atoms with van der Waals surface area (Å²) in [6, 6.07) is 7.96. The lowest BCUT2D eigenvalue weighted by molar-refractivity contribution is 0.0945. The van der Waals surface area contributed by atoms with Crippen LogP contribution in [0.4, 0.5) is 0 Å². The maximum atomic E-state index is 12.1. The second-order valence-electron chi connectivity index (χ2n) is 5.10. The van der Waals surface area contributed by atoms with Crippen molar-refractivity contribution < 1.29 is 4.79 Å². The number of thiophene rings is 1. The first kappa shape index (κ1) is 12.6. The van der Waals surface area contributed by atoms with E-state index in [0.717, 1.165) is 30.6 Å². The fourth-order valence-corrected chi connectivity index (χ4v) is 3.32. The van der Waals surface area contributed by atoms with E-state index in [9.17, 15) is 4.79 Å². The van der Waals surface area contributed by atoms with Gasteiger partial charge in [0, 0.05) is 16.8 Å². The minimum atomic E-state index is 0.0404. The Kier molecular flexibility index (Phi) is 3.80. The zero-order valence-corrected chi connectivity index (χ0v) is 11.6. The minimum Gasteiger partial charge on any atom is -0.352 e. The molecule has 0 aliphatic carbocycles. The third-order valence-electron chi connectivity index (χ3n) is 3.66. The summed E-state index contributed by atoms with van der Waals surface area (Å²) >= 11 is 1.70. The number of benzene rings is 1. The Morgan fingerprint density at radius 1 is 1.42 bits per heavy atom. The van der Waals surface area contributed by atoms with Gasteiger partial charge in [-0.25, -0.2) is 0 Å². The number of amides is 1. The van der Waals surface area contributed by atoms with Crippen molar-refractivity contribution in [3.63, 3.8) is 0 Å². The van der Waals surface area contributed by atoms with Gasteiger partial charge in [0.2, 0.25) is 0 Å². The molecule has 1 unspecified atom stereocenters. The summed E-state index contributed by atoms with van der Waals surface area (Å²) in [7, 11) is 0. The quantitative estimate of drug-likeness (QED) is 0.903. The molecule has 1 aliphatic rings. The van der Waals surface area contributed by atoms with Gasteiger partial charge in [-0.2, -0.15) is 0 Å². The highest BCUT2D eigenvalue weighted by Gasteiger charge is 2.14. The number of carbonyl (C=O) groups excluding carboxylic acids is 1. The van der Waals surface area contributed by atoms with Crippen LogP contribution in [-0.4, -0.2) is 25.5 Å². The van der Waals surface area contributed by atoms with Crippen molar-refractivity contribution in [3.8, 4) is 0 Å². The molecule has 1 atom stereocenters. The standard InChI is InChI=1S/C15H18N2OS/c18-15(17-10-11-2-1-6-16-9-11)13-3-4-14-12(8-13)5-7-19-14/h3-5,7-8,11,16H,1-2,6,9-10H2,(H,17,18). The minimum absolute atomic E-state index is 0.0404. The van der Waals surface area contributed by atoms with Crippen molar-refractivity contribution in [1.82, 2.24) is 10.6 Å². The van der Waals surface area contributed by atoms with Crippen molar-refractivity contribution in [2.45, 2.75) is 12.8 Å². The molecule has 3 nitrogen and oxygen atoms in total. The van der Waals surface area contributed by atoms with E-state index in [4.69, 9.17) is 0 Å². The number of nitrogens with one attached hydrogen (secondary N) is 2. The Morgan fingerprint density at radius 3 is 3.21 bits per heavy atom. The molecule has 19 heavy (non-hydrogen) atoms. The van der Waals surface area contributed by atoms with Crippen LogP contribution >= 0.6 is 11.3 Å². The molecular formula is C15H18N2OS. The first-order chi connectivity index (χ1) is 9.33. The Hall–Kier alpha value is -1.39. The van der Waals surface area contributed by atoms with Crippen LogP contribution in [0.15, 0.2) is 29.6 Å². The number of piperidine rings is 1. The third-order valence-corrected chi connectivity index (χ3v) is 4.56. The number of rotatable bonds is 3. The van der Waals surface area contributed by atoms with E-state index in [1.54, 1.807) is 11.3 Å². The topological polar surface area (TPSA) is 41.1 Å². The van der Waals surface area contributed by atoms with Crippen LogP contribution in [-0.2, 0) is 0 Å². The van der Waals surface area contributed by atoms with Crippen molar-refractivity contribution in [1.29, 1.82) is 0 Å². The van der Waals surface area contributed by atoms with Gasteiger partial charge in [0.25, 0.3) is 5.91 Å². The van der Waals surface area contributed by atoms with Crippen LogP contribution in [0.1, 0.15) is 23.2 Å². The zero-order valence-electron chi connectivity index (χ0n) is 10.8. The molecule has 1 aromatic heterocycles. The molecule has 1 aliphatic heterocycles. The molecule has 2 aromatic rings. The van der Waals surface area contributed by atoms with Crippen molar-refractivity contribution >= 4 is 27.3 Å². The second-order valence-corrected chi connectivity index (χ2v) is 6.04. The van der Waals surface area contributed by atoms with Crippen molar-refractivity contribution in [2.75, 3.05) is 19.6 Å². The molecule has 2 heterocycles. The summed E-state index contributed by atoms with van der Waals surface area (Å²) in [5.74, 6) is 0.612. The first-order valence-corrected chi connectivity index (χ1v) is 7.67. The maximum Gasteiger partial charge on any atom is 0.251 e. The molecule has 1 saturated heterocycles. The highest BCUT2D eigenvalue weighted by molar-refractivity contribution is 7.17. The van der Waals surface area contributed by atoms with Crippen LogP contribution in [0.5, 0.6) is 0 Å². The van der Waals surface area contributed by atoms with Gasteiger partial charge in [-0.1, -0.05) is 0 Å². The van der Waals surface area contributed by atoms with E-state index < -0.39 is 0 Å². The second kappa shape index (κ2) is 5.72. The predicted octanol–water partition coefficient (Wildman–Crippen LogP) is 2.63. The molecule has 100 valence electrons. The summed E-state index contributed by atoms with van der Waals surface area (Å²) in [4.78, 5) is 12.1. The fourth-order valence-electron chi connectivity index (χ4n) is 2.55. The maximum absolute atomic E-state index is 12.1. The van der Waals surface area contributed by atoms with Gasteiger partial charge < -0.3 is 10.6 Å². The summed E-state index contributed by atoms with van der Waals surface area (Å²) < 4.78 is 1.23. The molecule has 1 aromatic carbocycles. The third kappa shape index (κ3) is 2.96. The smallest absolute Gasteiger partial charge is 0.251 e. The molecule has 0 bridgehead atoms. The van der Waals surface area contributed by atoms with Crippen molar-refractivity contribution in [3.05, 3.63) is 35.2 Å². The normalized spacial score (nSPS) is 19.5. The first-order valence-electron chi connectivity index (χ1n) is 6.79. The Balaban J connectivity index is 1.62. The lowest BCUT2D eigenvalue weighted by Gasteiger charge is -2.22. The van der Waals surface area contributed by atoms with Gasteiger partial charge in [-0.15, -0.1) is 11.3 Å². The molecular weight excluding hydrogens is 256 g/mol. The van der Waals surface area contributed by atoms with Gasteiger partial charge in [-0.05, 0) is 66.9 Å². The van der Waals surface area contributed by atoms with Gasteiger partial charge in [0.05, 0.1) is 0 Å². The predicted molar refractivity (Wildman–Crippen MR) is 79.8 cm³/mol. The number of carbonyl (C=O) groups is 1. The van der Waals surface area contributed by atoms with Crippen molar-refractivity contribution in [2.24, 2.45) is 5.92 Å². The molecule has 0 spiro atoms. The molecule has 2 N–H and O–H groups in total. The van der Waals surface area contributed by atoms with Crippen LogP contribution < -0.4 is 10.6 Å². The van der Waals surface area contributed by atoms with E-state index in [-0.39, 0.29) is 5.91 Å². The van der Waals surface area contributed by atoms with Crippen LogP contribution in [0.3, 0.4) is 0 Å². The Labute approximate surface area is 117 Å². The summed E-state index contributed by atoms with van der Waals surface area (Å²) in [5, 5.41) is 9.62. The van der Waals surface area contributed by atoms with E-state index in [2.05, 4.69) is 22.1 Å². The number of hydrogen-bond acceptors (Lipinski definition) is 3. The van der Waals surface area contributed by atoms with E-state index in [1.165, 1.54) is 17.5 Å². The molecule has 1 amide bonds. The van der Waals surface area contributed by atoms with Crippen LogP contribution in [0.2, 0.25) is 0 Å². The molecule has 0 saturated carbocycles. The average molecular weight is 274 g/mol. The van der Waals surface area contributed by atoms with Crippen LogP contribution in [0, 0.1) is 5.92 Å². The molecule has 1 fully saturated rings. The van der Waals surface area contributed by atoms with E-state index >= 15 is 0 Å². The molecule has 3 rings (SSSR count). The highest BCUT2D eigenvalue weighted by Crippen LogP contribution is 2.21. The molecule has 0 radical (unpaired) electrons. The van der Waals surface area contributed by atoms with Gasteiger partial charge >= 0.3 is 0 Å². The fraction of sp³-hybridized carbons (Fsp3) is 0.400. The van der Waals surface area contributed by atoms with Gasteiger partial charge in [0.1, 0.15) is 0 Å². The largest absolute Gasteiger partial charge is 0.352 e. The summed E-state index contributed by atoms with van der Waals surface area (Å²) in [6.45, 7) is 2.90. The Morgan fingerprint density at radius 2 is 2.37 bits per heavy atom. The summed E-state index contributed by atoms with van der Waals surface area (Å²) in [5.41, 5.74) is 0.759. The lowest BCUT2D eigenvalue weighted by Crippen LogP contribution is -2.38. The monoisotopic (exact) mass is 274 g/mol. The highest BCUT2D eigenvalue weighted by atomic mass is 32.1. The van der Waals surface area contributed by atoms with Gasteiger partial charge in [-0.3, -0.25) is 4.79 Å². The lowest BCUT2D eigenvalue weighted by atomic mass is 9.99. The average Bonchev–Trinajstić information content (AvgIpc) is 2.93. The van der Waals surface area contributed by atoms with E-state index in [0.29, 0.717) is 5.92 Å². The van der Waals surface area contributed by atoms with E-state index in [1.807, 2.05) is 18.2 Å².